The fourth-order valence-corrected chi connectivity index (χ4v) is 10.9. The van der Waals surface area contributed by atoms with Crippen LogP contribution in [0.1, 0.15) is 156 Å². The van der Waals surface area contributed by atoms with Crippen molar-refractivity contribution < 1.29 is 17.5 Å². The summed E-state index contributed by atoms with van der Waals surface area (Å²) in [6.07, 6.45) is 36.2. The third-order valence-corrected chi connectivity index (χ3v) is 12.9. The zero-order valence-electron chi connectivity index (χ0n) is 23.6. The molecule has 0 bridgehead atoms. The van der Waals surface area contributed by atoms with E-state index in [0.717, 1.165) is 0 Å². The molecule has 0 aliphatic rings. The zero-order valence-corrected chi connectivity index (χ0v) is 25.4. The summed E-state index contributed by atoms with van der Waals surface area (Å²) in [7, 11) is -5.63. The fourth-order valence-electron chi connectivity index (χ4n) is 5.10. The van der Waals surface area contributed by atoms with Crippen molar-refractivity contribution >= 4 is 17.7 Å². The van der Waals surface area contributed by atoms with Crippen LogP contribution in [0.5, 0.6) is 0 Å². The topological polar surface area (TPSA) is 74.6 Å². The monoisotopic (exact) mass is 526 g/mol. The van der Waals surface area contributed by atoms with E-state index in [2.05, 4.69) is 27.7 Å². The van der Waals surface area contributed by atoms with E-state index in [9.17, 15) is 0 Å². The van der Waals surface area contributed by atoms with Gasteiger partial charge in [-0.1, -0.05) is 26.2 Å². The molecule has 0 aromatic carbocycles. The molecule has 0 radical (unpaired) electrons. The van der Waals surface area contributed by atoms with Crippen molar-refractivity contribution in [2.75, 3.05) is 24.6 Å². The molecule has 2 N–H and O–H groups in total. The van der Waals surface area contributed by atoms with Gasteiger partial charge in [0, 0.05) is 0 Å². The molecule has 0 heterocycles. The summed E-state index contributed by atoms with van der Waals surface area (Å²) in [6.45, 7) is 9.49. The Morgan fingerprint density at radius 2 is 0.618 bits per heavy atom. The van der Waals surface area contributed by atoms with Crippen LogP contribution in [0.15, 0.2) is 0 Å². The minimum atomic E-state index is -4.67. The standard InChI is InChI=1S/C28H61P.H2O4S/c1-5-9-13-14-15-16-17-18-19-20-21-22-23-24-28-29(25-10-6-2,26-11-7-3)27-12-8-4;1-5(2,3)4/h29H,5-28H2,1-4H3;(H2,1,2,3,4). The molecule has 0 aliphatic carbocycles. The van der Waals surface area contributed by atoms with Gasteiger partial charge < -0.3 is 0 Å². The van der Waals surface area contributed by atoms with E-state index in [-0.39, 0.29) is 0 Å². The molecule has 0 saturated carbocycles. The van der Waals surface area contributed by atoms with Crippen LogP contribution >= 0.6 is 7.26 Å². The molecule has 0 unspecified atom stereocenters. The second-order valence-corrected chi connectivity index (χ2v) is 16.5. The number of hydrogen-bond acceptors (Lipinski definition) is 2. The Bertz CT molecular complexity index is 467. The van der Waals surface area contributed by atoms with Gasteiger partial charge in [0.15, 0.2) is 0 Å². The van der Waals surface area contributed by atoms with E-state index in [1.54, 1.807) is 31.1 Å². The third-order valence-electron chi connectivity index (χ3n) is 7.24. The van der Waals surface area contributed by atoms with Crippen molar-refractivity contribution in [1.82, 2.24) is 0 Å². The van der Waals surface area contributed by atoms with Crippen LogP contribution < -0.4 is 0 Å². The number of unbranched alkanes of at least 4 members (excludes halogenated alkanes) is 16. The van der Waals surface area contributed by atoms with Crippen LogP contribution in [0.2, 0.25) is 0 Å². The van der Waals surface area contributed by atoms with E-state index in [4.69, 9.17) is 17.5 Å². The molecule has 0 saturated heterocycles. The molecule has 0 fully saturated rings. The first-order chi connectivity index (χ1) is 16.2. The van der Waals surface area contributed by atoms with Gasteiger partial charge in [-0.05, 0) is 0 Å². The van der Waals surface area contributed by atoms with Gasteiger partial charge in [0.25, 0.3) is 0 Å². The molecule has 210 valence electrons. The van der Waals surface area contributed by atoms with Gasteiger partial charge in [-0.3, -0.25) is 9.11 Å². The van der Waals surface area contributed by atoms with Gasteiger partial charge in [0.1, 0.15) is 0 Å². The molecule has 0 rings (SSSR count). The first kappa shape index (κ1) is 36.5. The molecule has 0 spiro atoms. The van der Waals surface area contributed by atoms with Gasteiger partial charge in [0.2, 0.25) is 0 Å². The summed E-state index contributed by atoms with van der Waals surface area (Å²) in [4.78, 5) is 0. The van der Waals surface area contributed by atoms with Crippen molar-refractivity contribution in [1.29, 1.82) is 0 Å². The Balaban J connectivity index is 0. The van der Waals surface area contributed by atoms with E-state index >= 15 is 0 Å². The quantitative estimate of drug-likeness (QED) is 0.0745. The van der Waals surface area contributed by atoms with Crippen LogP contribution in [-0.4, -0.2) is 42.2 Å². The van der Waals surface area contributed by atoms with Crippen LogP contribution in [0.3, 0.4) is 0 Å². The second kappa shape index (κ2) is 26.4. The largest absolute Gasteiger partial charge is 0.394 e. The Morgan fingerprint density at radius 1 is 0.412 bits per heavy atom. The summed E-state index contributed by atoms with van der Waals surface area (Å²) in [5.74, 6) is 0. The van der Waals surface area contributed by atoms with E-state index in [0.29, 0.717) is 0 Å². The molecule has 0 aromatic heterocycles. The van der Waals surface area contributed by atoms with Crippen molar-refractivity contribution in [3.05, 3.63) is 0 Å². The Morgan fingerprint density at radius 3 is 0.882 bits per heavy atom. The summed E-state index contributed by atoms with van der Waals surface area (Å²) in [5, 5.41) is 0. The van der Waals surface area contributed by atoms with Crippen molar-refractivity contribution in [3.8, 4) is 0 Å². The van der Waals surface area contributed by atoms with Gasteiger partial charge in [-0.25, -0.2) is 0 Å². The molecular weight excluding hydrogens is 463 g/mol. The van der Waals surface area contributed by atoms with Crippen LogP contribution in [-0.2, 0) is 10.4 Å². The second-order valence-electron chi connectivity index (χ2n) is 10.6. The third kappa shape index (κ3) is 30.3. The smallest absolute Gasteiger partial charge is 0.264 e. The predicted molar refractivity (Wildman–Crippen MR) is 157 cm³/mol. The maximum atomic E-state index is 8.74. The molecule has 34 heavy (non-hydrogen) atoms. The Kier molecular flexibility index (Phi) is 28.3. The molecule has 4 nitrogen and oxygen atoms in total. The zero-order chi connectivity index (χ0) is 26.0. The van der Waals surface area contributed by atoms with Crippen LogP contribution in [0.4, 0.5) is 0 Å². The molecule has 0 atom stereocenters. The maximum Gasteiger partial charge on any atom is 0.394 e. The minimum Gasteiger partial charge on any atom is -0.264 e. The van der Waals surface area contributed by atoms with Gasteiger partial charge in [0.05, 0.1) is 0 Å². The number of hydrogen-bond donors (Lipinski definition) is 2. The minimum absolute atomic E-state index is 0.961. The average molecular weight is 527 g/mol. The van der Waals surface area contributed by atoms with E-state index < -0.39 is 17.7 Å². The average Bonchev–Trinajstić information content (AvgIpc) is 2.78. The molecule has 0 aliphatic heterocycles. The Hall–Kier alpha value is 0.300. The van der Waals surface area contributed by atoms with Gasteiger partial charge in [-0.2, -0.15) is 8.42 Å². The Labute approximate surface area is 215 Å². The van der Waals surface area contributed by atoms with Gasteiger partial charge in [-0.15, -0.1) is 0 Å². The maximum absolute atomic E-state index is 8.74. The van der Waals surface area contributed by atoms with Crippen LogP contribution in [0.25, 0.3) is 0 Å². The first-order valence-electron chi connectivity index (χ1n) is 14.9. The van der Waals surface area contributed by atoms with Crippen molar-refractivity contribution in [2.24, 2.45) is 0 Å². The number of rotatable bonds is 24. The normalized spacial score (nSPS) is 12.4. The molecule has 6 heteroatoms. The predicted octanol–water partition coefficient (Wildman–Crippen LogP) is 9.97. The van der Waals surface area contributed by atoms with Crippen molar-refractivity contribution in [2.45, 2.75) is 156 Å². The first-order valence-corrected chi connectivity index (χ1v) is 19.2. The van der Waals surface area contributed by atoms with E-state index in [1.165, 1.54) is 122 Å². The summed E-state index contributed by atoms with van der Waals surface area (Å²) in [5.41, 5.74) is 0. The summed E-state index contributed by atoms with van der Waals surface area (Å²) < 4.78 is 31.6. The van der Waals surface area contributed by atoms with Crippen LogP contribution in [0, 0.1) is 0 Å². The summed E-state index contributed by atoms with van der Waals surface area (Å²) in [6, 6.07) is 0. The molecule has 0 amide bonds. The van der Waals surface area contributed by atoms with Gasteiger partial charge >= 0.3 is 172 Å². The molecule has 0 aromatic rings. The fraction of sp³-hybridized carbons (Fsp3) is 1.00. The van der Waals surface area contributed by atoms with E-state index in [1.807, 2.05) is 0 Å². The van der Waals surface area contributed by atoms with Crippen molar-refractivity contribution in [3.63, 3.8) is 0 Å². The summed E-state index contributed by atoms with van der Waals surface area (Å²) >= 11 is 0. The SMILES string of the molecule is CCCCCCCCCCCCCCCC[PH](CCCC)(CCCC)CCCC.O=S(=O)(O)O. The molecular formula is C28H63O4PS.